The fraction of sp³-hybridized carbons (Fsp3) is 0.241. The number of halogens is 3. The van der Waals surface area contributed by atoms with Crippen molar-refractivity contribution in [2.24, 2.45) is 0 Å². The van der Waals surface area contributed by atoms with E-state index in [-0.39, 0.29) is 35.0 Å². The molecule has 1 heterocycles. The molecule has 1 amide bonds. The van der Waals surface area contributed by atoms with Crippen molar-refractivity contribution in [3.8, 4) is 17.3 Å². The molecule has 0 aliphatic carbocycles. The van der Waals surface area contributed by atoms with Gasteiger partial charge in [0.25, 0.3) is 11.6 Å². The number of nitrogens with one attached hydrogen (secondary N) is 2. The van der Waals surface area contributed by atoms with Gasteiger partial charge in [0.15, 0.2) is 5.69 Å². The summed E-state index contributed by atoms with van der Waals surface area (Å²) in [6.07, 6.45) is -4.55. The van der Waals surface area contributed by atoms with Crippen molar-refractivity contribution in [2.75, 3.05) is 0 Å². The second kappa shape index (κ2) is 12.5. The number of aryl methyl sites for hydroxylation is 1. The highest BCUT2D eigenvalue weighted by Crippen LogP contribution is 2.36. The van der Waals surface area contributed by atoms with E-state index in [4.69, 9.17) is 4.74 Å². The molecule has 1 aromatic heterocycles. The van der Waals surface area contributed by atoms with E-state index in [0.717, 1.165) is 35.9 Å². The predicted octanol–water partition coefficient (Wildman–Crippen LogP) is 5.83. The Hall–Kier alpha value is -4.76. The Kier molecular flexibility index (Phi) is 9.11. The van der Waals surface area contributed by atoms with Crippen molar-refractivity contribution in [3.05, 3.63) is 105 Å². The molecule has 0 atom stereocenters. The molecular weight excluding hydrogens is 603 g/mol. The molecule has 0 bridgehead atoms. The minimum absolute atomic E-state index is 0.0621. The number of carbonyl (C=O) groups is 1. The lowest BCUT2D eigenvalue weighted by atomic mass is 10.1. The van der Waals surface area contributed by atoms with Crippen LogP contribution < -0.4 is 14.8 Å². The van der Waals surface area contributed by atoms with Gasteiger partial charge in [0.2, 0.25) is 15.9 Å². The molecule has 0 saturated carbocycles. The molecule has 0 fully saturated rings. The summed E-state index contributed by atoms with van der Waals surface area (Å²) in [7, 11) is -4.29. The maximum absolute atomic E-state index is 13.2. The van der Waals surface area contributed by atoms with Gasteiger partial charge in [0, 0.05) is 30.3 Å². The third-order valence-corrected chi connectivity index (χ3v) is 7.97. The fourth-order valence-corrected chi connectivity index (χ4v) is 5.58. The Morgan fingerprint density at radius 1 is 1.07 bits per heavy atom. The highest BCUT2D eigenvalue weighted by atomic mass is 32.2. The molecule has 0 saturated heterocycles. The fourth-order valence-electron chi connectivity index (χ4n) is 4.18. The first-order valence-electron chi connectivity index (χ1n) is 13.2. The molecule has 11 nitrogen and oxygen atoms in total. The molecule has 44 heavy (non-hydrogen) atoms. The number of hydrogen-bond acceptors (Lipinski definition) is 7. The number of ether oxygens (including phenoxy) is 1. The minimum atomic E-state index is -4.55. The monoisotopic (exact) mass is 631 g/mol. The van der Waals surface area contributed by atoms with E-state index >= 15 is 0 Å². The van der Waals surface area contributed by atoms with Crippen molar-refractivity contribution in [1.82, 2.24) is 19.8 Å². The molecular formula is C29H28F3N5O6S. The summed E-state index contributed by atoms with van der Waals surface area (Å²) in [5.74, 6) is -1.06. The maximum Gasteiger partial charge on any atom is 0.416 e. The number of aromatic nitrogens is 2. The van der Waals surface area contributed by atoms with Gasteiger partial charge in [-0.2, -0.15) is 23.0 Å². The Labute approximate surface area is 250 Å². The largest absolute Gasteiger partial charge is 0.437 e. The highest BCUT2D eigenvalue weighted by molar-refractivity contribution is 7.89. The zero-order valence-electron chi connectivity index (χ0n) is 24.0. The number of benzene rings is 3. The topological polar surface area (TPSA) is 145 Å². The van der Waals surface area contributed by atoms with E-state index in [1.165, 1.54) is 23.7 Å². The van der Waals surface area contributed by atoms with Gasteiger partial charge in [-0.15, -0.1) is 0 Å². The smallest absolute Gasteiger partial charge is 0.416 e. The predicted molar refractivity (Wildman–Crippen MR) is 154 cm³/mol. The molecule has 15 heteroatoms. The van der Waals surface area contributed by atoms with Crippen LogP contribution in [-0.4, -0.2) is 35.1 Å². The molecule has 0 radical (unpaired) electrons. The SMILES string of the molecule is Cc1ccc(-n2nc(C(=O)NCc3cccc(C(F)(F)F)c3)c(C)c2Oc2ccc([N+](=O)[O-])cc2S(=O)(=O)NC(C)C)cc1. The summed E-state index contributed by atoms with van der Waals surface area (Å²) in [6.45, 7) is 6.28. The summed E-state index contributed by atoms with van der Waals surface area (Å²) < 4.78 is 75.4. The summed E-state index contributed by atoms with van der Waals surface area (Å²) in [6, 6.07) is 14.0. The lowest BCUT2D eigenvalue weighted by Gasteiger charge is -2.15. The summed E-state index contributed by atoms with van der Waals surface area (Å²) in [4.78, 5) is 23.4. The summed E-state index contributed by atoms with van der Waals surface area (Å²) in [5.41, 5.74) is 0.254. The average molecular weight is 632 g/mol. The second-order valence-corrected chi connectivity index (χ2v) is 11.9. The van der Waals surface area contributed by atoms with Crippen LogP contribution in [0.4, 0.5) is 18.9 Å². The van der Waals surface area contributed by atoms with Crippen LogP contribution in [0.25, 0.3) is 5.69 Å². The summed E-state index contributed by atoms with van der Waals surface area (Å²) in [5, 5.41) is 18.4. The molecule has 0 spiro atoms. The molecule has 3 aromatic carbocycles. The van der Waals surface area contributed by atoms with Crippen molar-refractivity contribution in [3.63, 3.8) is 0 Å². The molecule has 232 valence electrons. The van der Waals surface area contributed by atoms with Crippen LogP contribution >= 0.6 is 0 Å². The van der Waals surface area contributed by atoms with Crippen molar-refractivity contribution < 1.29 is 36.0 Å². The van der Waals surface area contributed by atoms with Crippen LogP contribution in [0.15, 0.2) is 71.6 Å². The normalized spacial score (nSPS) is 11.9. The lowest BCUT2D eigenvalue weighted by molar-refractivity contribution is -0.385. The zero-order valence-corrected chi connectivity index (χ0v) is 24.8. The molecule has 0 aliphatic rings. The first-order chi connectivity index (χ1) is 20.6. The number of alkyl halides is 3. The van der Waals surface area contributed by atoms with Gasteiger partial charge in [0.05, 0.1) is 16.2 Å². The Bertz CT molecular complexity index is 1820. The molecule has 4 rings (SSSR count). The molecule has 0 unspecified atom stereocenters. The number of sulfonamides is 1. The van der Waals surface area contributed by atoms with Gasteiger partial charge in [-0.1, -0.05) is 29.8 Å². The van der Waals surface area contributed by atoms with Crippen LogP contribution in [0.3, 0.4) is 0 Å². The number of hydrogen-bond donors (Lipinski definition) is 2. The molecule has 0 aliphatic heterocycles. The van der Waals surface area contributed by atoms with E-state index in [1.54, 1.807) is 38.1 Å². The van der Waals surface area contributed by atoms with Gasteiger partial charge in [-0.3, -0.25) is 14.9 Å². The third-order valence-electron chi connectivity index (χ3n) is 6.29. The highest BCUT2D eigenvalue weighted by Gasteiger charge is 2.31. The van der Waals surface area contributed by atoms with Gasteiger partial charge >= 0.3 is 6.18 Å². The number of rotatable bonds is 10. The first-order valence-corrected chi connectivity index (χ1v) is 14.6. The maximum atomic E-state index is 13.2. The standard InChI is InChI=1S/C29H28F3N5O6S/c1-17(2)35-44(41,42)25-15-23(37(39)40)12-13-24(25)43-28-19(4)26(34-36(28)22-10-8-18(3)9-11-22)27(38)33-16-20-6-5-7-21(14-20)29(30,31)32/h5-15,17,35H,16H2,1-4H3,(H,33,38). The van der Waals surface area contributed by atoms with Crippen LogP contribution in [0, 0.1) is 24.0 Å². The van der Waals surface area contributed by atoms with Crippen LogP contribution in [0.5, 0.6) is 11.6 Å². The van der Waals surface area contributed by atoms with E-state index < -0.39 is 49.2 Å². The van der Waals surface area contributed by atoms with Crippen molar-refractivity contribution in [1.29, 1.82) is 0 Å². The van der Waals surface area contributed by atoms with Crippen molar-refractivity contribution >= 4 is 21.6 Å². The van der Waals surface area contributed by atoms with Gasteiger partial charge in [0.1, 0.15) is 10.6 Å². The number of nitrogens with zero attached hydrogens (tertiary/aromatic N) is 3. The number of carbonyl (C=O) groups excluding carboxylic acids is 1. The Balaban J connectivity index is 1.77. The number of non-ortho nitro benzene ring substituents is 1. The Morgan fingerprint density at radius 2 is 1.75 bits per heavy atom. The Morgan fingerprint density at radius 3 is 2.36 bits per heavy atom. The number of nitro benzene ring substituents is 1. The summed E-state index contributed by atoms with van der Waals surface area (Å²) >= 11 is 0. The number of nitro groups is 1. The van der Waals surface area contributed by atoms with E-state index in [0.29, 0.717) is 5.69 Å². The van der Waals surface area contributed by atoms with Gasteiger partial charge in [-0.25, -0.2) is 13.1 Å². The van der Waals surface area contributed by atoms with Gasteiger partial charge in [-0.05, 0) is 63.6 Å². The quantitative estimate of drug-likeness (QED) is 0.166. The van der Waals surface area contributed by atoms with E-state index in [2.05, 4.69) is 15.1 Å². The molecule has 2 N–H and O–H groups in total. The second-order valence-electron chi connectivity index (χ2n) is 10.2. The van der Waals surface area contributed by atoms with E-state index in [9.17, 15) is 36.5 Å². The van der Waals surface area contributed by atoms with Crippen LogP contribution in [0.2, 0.25) is 0 Å². The van der Waals surface area contributed by atoms with Crippen molar-refractivity contribution in [2.45, 2.75) is 51.4 Å². The van der Waals surface area contributed by atoms with E-state index in [1.807, 2.05) is 6.92 Å². The first kappa shape index (κ1) is 32.2. The molecule has 4 aromatic rings. The third kappa shape index (κ3) is 7.23. The zero-order chi connectivity index (χ0) is 32.4. The minimum Gasteiger partial charge on any atom is -0.437 e. The lowest BCUT2D eigenvalue weighted by Crippen LogP contribution is -2.30. The van der Waals surface area contributed by atoms with Crippen LogP contribution in [0.1, 0.15) is 46.6 Å². The average Bonchev–Trinajstić information content (AvgIpc) is 3.26. The van der Waals surface area contributed by atoms with Crippen LogP contribution in [-0.2, 0) is 22.7 Å². The van der Waals surface area contributed by atoms with Gasteiger partial charge < -0.3 is 10.1 Å². The number of amides is 1.